The zero-order chi connectivity index (χ0) is 13.1. The summed E-state index contributed by atoms with van der Waals surface area (Å²) in [6.45, 7) is 1.91. The lowest BCUT2D eigenvalue weighted by atomic mass is 10.4. The Morgan fingerprint density at radius 3 is 2.78 bits per heavy atom. The molecule has 2 aromatic rings. The van der Waals surface area contributed by atoms with Gasteiger partial charge in [-0.3, -0.25) is 4.68 Å². The lowest BCUT2D eigenvalue weighted by Crippen LogP contribution is -2.16. The zero-order valence-corrected chi connectivity index (χ0v) is 10.7. The van der Waals surface area contributed by atoms with Gasteiger partial charge in [0.1, 0.15) is 15.7 Å². The van der Waals surface area contributed by atoms with E-state index >= 15 is 0 Å². The van der Waals surface area contributed by atoms with Crippen LogP contribution in [0, 0.1) is 6.92 Å². The molecule has 0 unspecified atom stereocenters. The van der Waals surface area contributed by atoms with Crippen molar-refractivity contribution in [3.8, 4) is 0 Å². The van der Waals surface area contributed by atoms with Gasteiger partial charge in [0.15, 0.2) is 5.84 Å². The van der Waals surface area contributed by atoms with E-state index < -0.39 is 0 Å². The Kier molecular flexibility index (Phi) is 3.47. The van der Waals surface area contributed by atoms with E-state index in [2.05, 4.69) is 20.2 Å². The van der Waals surface area contributed by atoms with Gasteiger partial charge >= 0.3 is 0 Å². The lowest BCUT2D eigenvalue weighted by Gasteiger charge is -2.05. The molecule has 0 amide bonds. The number of amidine groups is 1. The van der Waals surface area contributed by atoms with Crippen LogP contribution in [-0.4, -0.2) is 30.8 Å². The fourth-order valence-corrected chi connectivity index (χ4v) is 2.37. The number of aryl methyl sites for hydroxylation is 2. The third-order valence-corrected chi connectivity index (χ3v) is 3.26. The normalized spacial score (nSPS) is 11.8. The Hall–Kier alpha value is -2.09. The van der Waals surface area contributed by atoms with Crippen molar-refractivity contribution < 1.29 is 5.21 Å². The quantitative estimate of drug-likeness (QED) is 0.367. The van der Waals surface area contributed by atoms with E-state index in [9.17, 15) is 0 Å². The summed E-state index contributed by atoms with van der Waals surface area (Å²) in [6.07, 6.45) is 3.05. The molecule has 0 atom stereocenters. The van der Waals surface area contributed by atoms with Crippen molar-refractivity contribution in [2.45, 2.75) is 17.0 Å². The van der Waals surface area contributed by atoms with Gasteiger partial charge in [0.05, 0.1) is 5.69 Å². The summed E-state index contributed by atoms with van der Waals surface area (Å²) in [7, 11) is 1.84. The van der Waals surface area contributed by atoms with Crippen LogP contribution in [-0.2, 0) is 7.05 Å². The van der Waals surface area contributed by atoms with Crippen LogP contribution < -0.4 is 5.73 Å². The molecule has 7 nitrogen and oxygen atoms in total. The number of nitrogens with zero attached hydrogens (tertiary/aromatic N) is 5. The third-order valence-electron chi connectivity index (χ3n) is 2.18. The molecule has 3 N–H and O–H groups in total. The smallest absolute Gasteiger partial charge is 0.191 e. The molecular formula is C10H12N6OS. The number of aromatic nitrogens is 4. The lowest BCUT2D eigenvalue weighted by molar-refractivity contribution is 0.318. The number of rotatable bonds is 3. The summed E-state index contributed by atoms with van der Waals surface area (Å²) in [5, 5.41) is 17.4. The molecule has 94 valence electrons. The van der Waals surface area contributed by atoms with E-state index in [1.54, 1.807) is 10.9 Å². The van der Waals surface area contributed by atoms with Crippen molar-refractivity contribution in [1.82, 2.24) is 19.7 Å². The topological polar surface area (TPSA) is 102 Å². The predicted octanol–water partition coefficient (Wildman–Crippen LogP) is 0.764. The van der Waals surface area contributed by atoms with Crippen molar-refractivity contribution >= 4 is 17.6 Å². The second kappa shape index (κ2) is 5.05. The summed E-state index contributed by atoms with van der Waals surface area (Å²) < 4.78 is 1.74. The molecule has 0 bridgehead atoms. The van der Waals surface area contributed by atoms with E-state index in [-0.39, 0.29) is 5.84 Å². The molecule has 0 aliphatic rings. The second-order valence-electron chi connectivity index (χ2n) is 3.54. The van der Waals surface area contributed by atoms with Crippen molar-refractivity contribution in [3.63, 3.8) is 0 Å². The Morgan fingerprint density at radius 1 is 1.44 bits per heavy atom. The first-order valence-electron chi connectivity index (χ1n) is 5.09. The molecule has 8 heteroatoms. The van der Waals surface area contributed by atoms with Crippen LogP contribution in [0.25, 0.3) is 0 Å². The van der Waals surface area contributed by atoms with Crippen LogP contribution in [0.5, 0.6) is 0 Å². The highest BCUT2D eigenvalue weighted by molar-refractivity contribution is 7.99. The highest BCUT2D eigenvalue weighted by Crippen LogP contribution is 2.27. The van der Waals surface area contributed by atoms with Crippen LogP contribution in [0.3, 0.4) is 0 Å². The molecule has 18 heavy (non-hydrogen) atoms. The first kappa shape index (κ1) is 12.4. The molecular weight excluding hydrogens is 252 g/mol. The van der Waals surface area contributed by atoms with Crippen molar-refractivity contribution in [2.24, 2.45) is 17.9 Å². The fourth-order valence-electron chi connectivity index (χ4n) is 1.40. The van der Waals surface area contributed by atoms with Crippen LogP contribution in [0.4, 0.5) is 0 Å². The average Bonchev–Trinajstić information content (AvgIpc) is 2.67. The minimum absolute atomic E-state index is 0.0653. The summed E-state index contributed by atoms with van der Waals surface area (Å²) in [5.41, 5.74) is 6.82. The number of hydrogen-bond acceptors (Lipinski definition) is 6. The molecule has 2 rings (SSSR count). The van der Waals surface area contributed by atoms with E-state index in [0.29, 0.717) is 10.7 Å². The van der Waals surface area contributed by atoms with Gasteiger partial charge in [0, 0.05) is 19.4 Å². The van der Waals surface area contributed by atoms with E-state index in [1.165, 1.54) is 18.0 Å². The Bertz CT molecular complexity index is 594. The highest BCUT2D eigenvalue weighted by Gasteiger charge is 2.13. The molecule has 0 saturated heterocycles. The van der Waals surface area contributed by atoms with Gasteiger partial charge in [-0.1, -0.05) is 5.16 Å². The zero-order valence-electron chi connectivity index (χ0n) is 9.90. The van der Waals surface area contributed by atoms with Gasteiger partial charge in [-0.25, -0.2) is 9.97 Å². The SMILES string of the molecule is Cc1cc(Sc2nccnc2C(N)=NO)n(C)n1. The molecule has 2 heterocycles. The Balaban J connectivity index is 2.38. The summed E-state index contributed by atoms with van der Waals surface area (Å²) in [5.74, 6) is -0.0653. The van der Waals surface area contributed by atoms with Gasteiger partial charge in [0.2, 0.25) is 0 Å². The summed E-state index contributed by atoms with van der Waals surface area (Å²) in [4.78, 5) is 8.23. The minimum atomic E-state index is -0.0653. The highest BCUT2D eigenvalue weighted by atomic mass is 32.2. The largest absolute Gasteiger partial charge is 0.409 e. The maximum Gasteiger partial charge on any atom is 0.191 e. The maximum absolute atomic E-state index is 8.71. The van der Waals surface area contributed by atoms with Gasteiger partial charge < -0.3 is 10.9 Å². The van der Waals surface area contributed by atoms with Gasteiger partial charge in [-0.05, 0) is 24.8 Å². The molecule has 0 aliphatic heterocycles. The molecule has 0 aromatic carbocycles. The molecule has 2 aromatic heterocycles. The van der Waals surface area contributed by atoms with Gasteiger partial charge in [0.25, 0.3) is 0 Å². The van der Waals surface area contributed by atoms with Crippen molar-refractivity contribution in [3.05, 3.63) is 29.8 Å². The first-order chi connectivity index (χ1) is 8.61. The maximum atomic E-state index is 8.71. The summed E-state index contributed by atoms with van der Waals surface area (Å²) >= 11 is 1.36. The first-order valence-corrected chi connectivity index (χ1v) is 5.91. The minimum Gasteiger partial charge on any atom is -0.409 e. The number of oxime groups is 1. The van der Waals surface area contributed by atoms with Crippen molar-refractivity contribution in [2.75, 3.05) is 0 Å². The standard InChI is InChI=1S/C10H12N6OS/c1-6-5-7(16(2)14-6)18-10-8(9(11)15-17)12-3-4-13-10/h3-5,17H,1-2H3,(H2,11,15). The molecule has 0 aliphatic carbocycles. The fraction of sp³-hybridized carbons (Fsp3) is 0.200. The molecule has 0 fully saturated rings. The van der Waals surface area contributed by atoms with E-state index in [0.717, 1.165) is 10.7 Å². The predicted molar refractivity (Wildman–Crippen MR) is 66.6 cm³/mol. The van der Waals surface area contributed by atoms with Crippen LogP contribution in [0.2, 0.25) is 0 Å². The van der Waals surface area contributed by atoms with Crippen LogP contribution in [0.1, 0.15) is 11.4 Å². The van der Waals surface area contributed by atoms with Gasteiger partial charge in [-0.15, -0.1) is 0 Å². The molecule has 0 spiro atoms. The van der Waals surface area contributed by atoms with Gasteiger partial charge in [-0.2, -0.15) is 5.10 Å². The van der Waals surface area contributed by atoms with Crippen molar-refractivity contribution in [1.29, 1.82) is 0 Å². The second-order valence-corrected chi connectivity index (χ2v) is 4.55. The Morgan fingerprint density at radius 2 is 2.17 bits per heavy atom. The molecule has 0 radical (unpaired) electrons. The van der Waals surface area contributed by atoms with E-state index in [4.69, 9.17) is 10.9 Å². The van der Waals surface area contributed by atoms with Crippen LogP contribution in [0.15, 0.2) is 33.7 Å². The number of nitrogens with two attached hydrogens (primary N) is 1. The Labute approximate surface area is 108 Å². The average molecular weight is 264 g/mol. The molecule has 0 saturated carbocycles. The third kappa shape index (κ3) is 2.43. The monoisotopic (exact) mass is 264 g/mol. The van der Waals surface area contributed by atoms with Crippen LogP contribution >= 0.6 is 11.8 Å². The number of hydrogen-bond donors (Lipinski definition) is 2. The van der Waals surface area contributed by atoms with E-state index in [1.807, 2.05) is 20.0 Å². The summed E-state index contributed by atoms with van der Waals surface area (Å²) in [6, 6.07) is 1.93.